The lowest BCUT2D eigenvalue weighted by atomic mass is 9.89. The number of alkyl carbamates (subject to hydrolysis) is 1. The number of nitriles is 1. The molecule has 5 rings (SSSR count). The van der Waals surface area contributed by atoms with Crippen molar-refractivity contribution in [3.8, 4) is 11.8 Å². The molecule has 286 valence electrons. The maximum absolute atomic E-state index is 15.3. The summed E-state index contributed by atoms with van der Waals surface area (Å²) in [7, 11) is 0. The van der Waals surface area contributed by atoms with E-state index in [9.17, 15) is 37.6 Å². The van der Waals surface area contributed by atoms with Crippen LogP contribution >= 0.6 is 0 Å². The Labute approximate surface area is 308 Å². The number of likely N-dealkylation sites (tertiary alicyclic amines) is 1. The zero-order valence-electron chi connectivity index (χ0n) is 30.0. The molecule has 4 amide bonds. The molecule has 0 aliphatic carbocycles. The first-order valence-corrected chi connectivity index (χ1v) is 17.1. The van der Waals surface area contributed by atoms with Crippen LogP contribution in [0.4, 0.5) is 32.8 Å². The van der Waals surface area contributed by atoms with Gasteiger partial charge in [-0.25, -0.2) is 14.0 Å². The summed E-state index contributed by atoms with van der Waals surface area (Å²) in [5, 5.41) is 14.5. The molecule has 2 aliphatic heterocycles. The Balaban J connectivity index is 1.47. The Morgan fingerprint density at radius 2 is 1.80 bits per heavy atom. The summed E-state index contributed by atoms with van der Waals surface area (Å²) in [5.74, 6) is -3.55. The average Bonchev–Trinajstić information content (AvgIpc) is 3.11. The molecule has 12 nitrogen and oxygen atoms in total. The normalized spacial score (nSPS) is 18.5. The number of alkyl halides is 3. The molecule has 3 aromatic rings. The van der Waals surface area contributed by atoms with Crippen molar-refractivity contribution in [2.24, 2.45) is 0 Å². The fourth-order valence-electron chi connectivity index (χ4n) is 6.16. The zero-order valence-corrected chi connectivity index (χ0v) is 30.0. The van der Waals surface area contributed by atoms with Gasteiger partial charge in [0.25, 0.3) is 11.8 Å². The van der Waals surface area contributed by atoms with E-state index in [0.717, 1.165) is 36.1 Å². The molecular weight excluding hydrogens is 714 g/mol. The van der Waals surface area contributed by atoms with Crippen molar-refractivity contribution >= 4 is 29.7 Å². The van der Waals surface area contributed by atoms with Gasteiger partial charge in [0, 0.05) is 37.8 Å². The second-order valence-electron chi connectivity index (χ2n) is 14.0. The van der Waals surface area contributed by atoms with Gasteiger partial charge in [-0.3, -0.25) is 9.59 Å². The van der Waals surface area contributed by atoms with E-state index in [-0.39, 0.29) is 37.5 Å². The molecule has 2 heterocycles. The third-order valence-corrected chi connectivity index (χ3v) is 8.74. The summed E-state index contributed by atoms with van der Waals surface area (Å²) >= 11 is 0. The fraction of sp³-hybridized carbons (Fsp3) is 0.395. The SMILES string of the molecule is CC(C)(C)OC(=O)N1CCC[C@@H](NC(=O)c2cc3c(cc2C(F)(F)F)OC(C)(c2cc(C#N)ccc2F)C(=O)N3CCNC(=O)OCc2ccccc2)C1. The number of benzene rings is 3. The van der Waals surface area contributed by atoms with Gasteiger partial charge >= 0.3 is 18.4 Å². The van der Waals surface area contributed by atoms with Crippen LogP contribution in [0.3, 0.4) is 0 Å². The lowest BCUT2D eigenvalue weighted by molar-refractivity contribution is -0.138. The number of amides is 4. The Kier molecular flexibility index (Phi) is 11.4. The third kappa shape index (κ3) is 9.02. The van der Waals surface area contributed by atoms with Crippen molar-refractivity contribution in [2.45, 2.75) is 70.6 Å². The van der Waals surface area contributed by atoms with Crippen LogP contribution in [0.1, 0.15) is 73.1 Å². The summed E-state index contributed by atoms with van der Waals surface area (Å²) in [6, 6.07) is 14.5. The van der Waals surface area contributed by atoms with E-state index >= 15 is 4.39 Å². The van der Waals surface area contributed by atoms with Crippen LogP contribution in [-0.4, -0.2) is 66.7 Å². The minimum absolute atomic E-state index is 0.0155. The van der Waals surface area contributed by atoms with E-state index in [1.165, 1.54) is 4.90 Å². The van der Waals surface area contributed by atoms with E-state index in [4.69, 9.17) is 14.2 Å². The molecule has 0 saturated carbocycles. The van der Waals surface area contributed by atoms with Crippen LogP contribution in [0.25, 0.3) is 0 Å². The number of ether oxygens (including phenoxy) is 3. The smallest absolute Gasteiger partial charge is 0.417 e. The van der Waals surface area contributed by atoms with Crippen molar-refractivity contribution < 1.29 is 51.0 Å². The number of nitrogens with one attached hydrogen (secondary N) is 2. The van der Waals surface area contributed by atoms with E-state index in [0.29, 0.717) is 31.0 Å². The van der Waals surface area contributed by atoms with Crippen molar-refractivity contribution in [3.05, 3.63) is 94.3 Å². The lowest BCUT2D eigenvalue weighted by Crippen LogP contribution is -2.54. The highest BCUT2D eigenvalue weighted by atomic mass is 19.4. The van der Waals surface area contributed by atoms with E-state index in [1.54, 1.807) is 51.1 Å². The standard InChI is InChI=1S/C38H39F4N5O7/c1-36(2,3)54-35(51)46-15-8-11-25(21-46)45-32(48)26-18-30-31(19-27(26)38(40,41)42)53-37(4,28-17-24(20-43)12-13-29(28)39)33(49)47(30)16-14-44-34(50)52-22-23-9-6-5-7-10-23/h5-7,9-10,12-13,17-19,25H,8,11,14-16,21-22H2,1-4H3,(H,44,50)(H,45,48)/t25-,37?/m1/s1. The van der Waals surface area contributed by atoms with E-state index in [2.05, 4.69) is 10.6 Å². The summed E-state index contributed by atoms with van der Waals surface area (Å²) < 4.78 is 75.9. The Morgan fingerprint density at radius 1 is 1.07 bits per heavy atom. The van der Waals surface area contributed by atoms with Crippen molar-refractivity contribution in [2.75, 3.05) is 31.1 Å². The molecule has 0 radical (unpaired) electrons. The van der Waals surface area contributed by atoms with Crippen LogP contribution in [0.5, 0.6) is 5.75 Å². The molecule has 1 saturated heterocycles. The second kappa shape index (κ2) is 15.6. The predicted octanol–water partition coefficient (Wildman–Crippen LogP) is 6.41. The first-order valence-electron chi connectivity index (χ1n) is 17.1. The van der Waals surface area contributed by atoms with Gasteiger partial charge in [-0.2, -0.15) is 18.4 Å². The molecule has 0 spiro atoms. The number of nitrogens with zero attached hydrogens (tertiary/aromatic N) is 3. The van der Waals surface area contributed by atoms with Crippen LogP contribution in [0, 0.1) is 17.1 Å². The number of carbonyl (C=O) groups is 4. The number of hydrogen-bond donors (Lipinski definition) is 2. The summed E-state index contributed by atoms with van der Waals surface area (Å²) in [6.07, 6.45) is -5.77. The number of halogens is 4. The summed E-state index contributed by atoms with van der Waals surface area (Å²) in [4.78, 5) is 55.5. The summed E-state index contributed by atoms with van der Waals surface area (Å²) in [6.45, 7) is 5.83. The van der Waals surface area contributed by atoms with Crippen LogP contribution in [0.15, 0.2) is 60.7 Å². The Morgan fingerprint density at radius 3 is 2.46 bits per heavy atom. The van der Waals surface area contributed by atoms with E-state index in [1.807, 2.05) is 6.07 Å². The van der Waals surface area contributed by atoms with Crippen molar-refractivity contribution in [3.63, 3.8) is 0 Å². The molecular formula is C38H39F4N5O7. The number of fused-ring (bicyclic) bond motifs is 1. The topological polar surface area (TPSA) is 150 Å². The molecule has 2 aliphatic rings. The van der Waals surface area contributed by atoms with Gasteiger partial charge in [0.05, 0.1) is 28.4 Å². The molecule has 1 fully saturated rings. The first kappa shape index (κ1) is 39.4. The highest BCUT2D eigenvalue weighted by Gasteiger charge is 2.49. The van der Waals surface area contributed by atoms with Gasteiger partial charge < -0.3 is 34.6 Å². The molecule has 2 atom stereocenters. The summed E-state index contributed by atoms with van der Waals surface area (Å²) in [5.41, 5.74) is -5.32. The average molecular weight is 754 g/mol. The molecule has 0 aromatic heterocycles. The van der Waals surface area contributed by atoms with Gasteiger partial charge in [0.2, 0.25) is 5.60 Å². The quantitative estimate of drug-likeness (QED) is 0.251. The highest BCUT2D eigenvalue weighted by molar-refractivity contribution is 6.05. The molecule has 1 unspecified atom stereocenters. The van der Waals surface area contributed by atoms with Gasteiger partial charge in [-0.15, -0.1) is 0 Å². The van der Waals surface area contributed by atoms with Crippen LogP contribution < -0.4 is 20.3 Å². The third-order valence-electron chi connectivity index (χ3n) is 8.74. The van der Waals surface area contributed by atoms with Gasteiger partial charge in [0.15, 0.2) is 0 Å². The maximum atomic E-state index is 15.3. The molecule has 3 aromatic carbocycles. The Hall–Kier alpha value is -5.85. The minimum Gasteiger partial charge on any atom is -0.471 e. The van der Waals surface area contributed by atoms with Crippen LogP contribution in [-0.2, 0) is 32.7 Å². The predicted molar refractivity (Wildman–Crippen MR) is 186 cm³/mol. The van der Waals surface area contributed by atoms with Crippen molar-refractivity contribution in [1.82, 2.24) is 15.5 Å². The first-order chi connectivity index (χ1) is 25.4. The molecule has 54 heavy (non-hydrogen) atoms. The molecule has 16 heteroatoms. The van der Waals surface area contributed by atoms with Crippen LogP contribution in [0.2, 0.25) is 0 Å². The number of anilines is 1. The Bertz CT molecular complexity index is 1960. The zero-order chi connectivity index (χ0) is 39.4. The second-order valence-corrected chi connectivity index (χ2v) is 14.0. The maximum Gasteiger partial charge on any atom is 0.417 e. The monoisotopic (exact) mass is 753 g/mol. The highest BCUT2D eigenvalue weighted by Crippen LogP contribution is 2.47. The number of piperidine rings is 1. The largest absolute Gasteiger partial charge is 0.471 e. The fourth-order valence-corrected chi connectivity index (χ4v) is 6.16. The van der Waals surface area contributed by atoms with Gasteiger partial charge in [-0.05, 0) is 76.4 Å². The van der Waals surface area contributed by atoms with Crippen molar-refractivity contribution in [1.29, 1.82) is 5.26 Å². The number of carbonyl (C=O) groups excluding carboxylic acids is 4. The van der Waals surface area contributed by atoms with Gasteiger partial charge in [0.1, 0.15) is 23.8 Å². The number of rotatable bonds is 8. The molecule has 2 N–H and O–H groups in total. The molecule has 0 bridgehead atoms. The van der Waals surface area contributed by atoms with Gasteiger partial charge in [-0.1, -0.05) is 30.3 Å². The minimum atomic E-state index is -5.10. The lowest BCUT2D eigenvalue weighted by Gasteiger charge is -2.41. The van der Waals surface area contributed by atoms with E-state index < -0.39 is 75.7 Å². The number of hydrogen-bond acceptors (Lipinski definition) is 8.